The van der Waals surface area contributed by atoms with Crippen molar-refractivity contribution in [2.75, 3.05) is 5.32 Å². The van der Waals surface area contributed by atoms with Crippen LogP contribution < -0.4 is 5.32 Å². The van der Waals surface area contributed by atoms with E-state index in [1.165, 1.54) is 12.7 Å². The van der Waals surface area contributed by atoms with Crippen LogP contribution in [0.5, 0.6) is 0 Å². The first-order valence-corrected chi connectivity index (χ1v) is 9.09. The maximum absolute atomic E-state index is 12.4. The molecule has 1 N–H and O–H groups in total. The normalized spacial score (nSPS) is 13.9. The minimum atomic E-state index is -0.218. The first-order valence-electron chi connectivity index (χ1n) is 8.71. The lowest BCUT2D eigenvalue weighted by Gasteiger charge is -2.11. The zero-order chi connectivity index (χ0) is 18.1. The van der Waals surface area contributed by atoms with Gasteiger partial charge < -0.3 is 14.3 Å². The number of carbonyl (C=O) groups is 1. The number of anilines is 1. The molecule has 4 rings (SSSR count). The molecule has 0 unspecified atom stereocenters. The van der Waals surface area contributed by atoms with E-state index in [2.05, 4.69) is 20.1 Å². The van der Waals surface area contributed by atoms with Gasteiger partial charge in [0.1, 0.15) is 11.6 Å². The Morgan fingerprint density at radius 2 is 2.12 bits per heavy atom. The van der Waals surface area contributed by atoms with Crippen LogP contribution in [0, 0.1) is 6.92 Å². The third-order valence-corrected chi connectivity index (χ3v) is 5.01. The maximum Gasteiger partial charge on any atom is 0.259 e. The van der Waals surface area contributed by atoms with Gasteiger partial charge in [-0.05, 0) is 44.0 Å². The van der Waals surface area contributed by atoms with E-state index in [0.717, 1.165) is 43.0 Å². The summed E-state index contributed by atoms with van der Waals surface area (Å²) in [6, 6.07) is 7.05. The number of aryl methyl sites for hydroxylation is 2. The number of carbonyl (C=O) groups excluding carboxylic acids is 1. The highest BCUT2D eigenvalue weighted by molar-refractivity contribution is 6.33. The third kappa shape index (κ3) is 3.12. The fraction of sp³-hybridized carbons (Fsp3) is 0.316. The summed E-state index contributed by atoms with van der Waals surface area (Å²) < 4.78 is 7.33. The molecular formula is C19H19ClN4O2. The molecule has 26 heavy (non-hydrogen) atoms. The van der Waals surface area contributed by atoms with Crippen molar-refractivity contribution in [2.24, 2.45) is 0 Å². The summed E-state index contributed by atoms with van der Waals surface area (Å²) in [4.78, 5) is 12.4. The molecule has 0 saturated carbocycles. The molecule has 1 aliphatic rings. The molecular weight excluding hydrogens is 352 g/mol. The number of benzene rings is 1. The number of nitrogens with zero attached hydrogens (tertiary/aromatic N) is 3. The molecule has 6 nitrogen and oxygen atoms in total. The fourth-order valence-corrected chi connectivity index (χ4v) is 3.48. The van der Waals surface area contributed by atoms with Crippen LogP contribution in [0.2, 0.25) is 5.02 Å². The predicted molar refractivity (Wildman–Crippen MR) is 99.4 cm³/mol. The molecule has 3 aromatic rings. The molecule has 1 aromatic carbocycles. The zero-order valence-electron chi connectivity index (χ0n) is 14.5. The van der Waals surface area contributed by atoms with Gasteiger partial charge in [-0.25, -0.2) is 0 Å². The van der Waals surface area contributed by atoms with Crippen molar-refractivity contribution >= 4 is 23.2 Å². The van der Waals surface area contributed by atoms with Crippen molar-refractivity contribution in [1.29, 1.82) is 0 Å². The van der Waals surface area contributed by atoms with Gasteiger partial charge in [-0.3, -0.25) is 4.79 Å². The van der Waals surface area contributed by atoms with Gasteiger partial charge in [-0.15, -0.1) is 10.2 Å². The Hall–Kier alpha value is -2.60. The molecule has 0 radical (unpaired) electrons. The van der Waals surface area contributed by atoms with Gasteiger partial charge in [0.25, 0.3) is 5.91 Å². The number of hydrogen-bond donors (Lipinski definition) is 1. The van der Waals surface area contributed by atoms with Crippen LogP contribution in [0.1, 0.15) is 41.2 Å². The summed E-state index contributed by atoms with van der Waals surface area (Å²) in [6.45, 7) is 2.65. The minimum absolute atomic E-state index is 0.218. The molecule has 1 aliphatic heterocycles. The smallest absolute Gasteiger partial charge is 0.259 e. The fourth-order valence-electron chi connectivity index (χ4n) is 3.28. The van der Waals surface area contributed by atoms with E-state index in [1.807, 2.05) is 6.07 Å². The van der Waals surface area contributed by atoms with Gasteiger partial charge in [-0.2, -0.15) is 0 Å². The number of nitrogens with one attached hydrogen (secondary N) is 1. The molecule has 0 spiro atoms. The predicted octanol–water partition coefficient (Wildman–Crippen LogP) is 4.48. The Balaban J connectivity index is 1.66. The molecule has 0 atom stereocenters. The van der Waals surface area contributed by atoms with Crippen molar-refractivity contribution in [3.63, 3.8) is 0 Å². The summed E-state index contributed by atoms with van der Waals surface area (Å²) in [5, 5.41) is 12.2. The van der Waals surface area contributed by atoms with E-state index in [1.54, 1.807) is 25.1 Å². The van der Waals surface area contributed by atoms with E-state index in [0.29, 0.717) is 22.0 Å². The second-order valence-corrected chi connectivity index (χ2v) is 6.85. The van der Waals surface area contributed by atoms with Crippen molar-refractivity contribution in [3.8, 4) is 11.4 Å². The minimum Gasteiger partial charge on any atom is -0.469 e. The standard InChI is InChI=1S/C19H19ClN4O2/c1-12-14(8-10-26-12)19(25)21-13-6-7-16(20)15(11-13)18-23-22-17-5-3-2-4-9-24(17)18/h6-8,10-11H,2-5,9H2,1H3,(H,21,25). The van der Waals surface area contributed by atoms with Gasteiger partial charge in [0.05, 0.1) is 16.8 Å². The quantitative estimate of drug-likeness (QED) is 0.737. The molecule has 0 fully saturated rings. The number of rotatable bonds is 3. The van der Waals surface area contributed by atoms with Gasteiger partial charge >= 0.3 is 0 Å². The molecule has 0 bridgehead atoms. The van der Waals surface area contributed by atoms with Crippen molar-refractivity contribution in [1.82, 2.24) is 14.8 Å². The molecule has 3 heterocycles. The summed E-state index contributed by atoms with van der Waals surface area (Å²) in [6.07, 6.45) is 5.86. The Bertz CT molecular complexity index is 960. The van der Waals surface area contributed by atoms with Crippen LogP contribution in [0.3, 0.4) is 0 Å². The number of hydrogen-bond acceptors (Lipinski definition) is 4. The van der Waals surface area contributed by atoms with Gasteiger partial charge in [0, 0.05) is 24.2 Å². The second-order valence-electron chi connectivity index (χ2n) is 6.44. The summed E-state index contributed by atoms with van der Waals surface area (Å²) in [5.41, 5.74) is 1.94. The summed E-state index contributed by atoms with van der Waals surface area (Å²) in [7, 11) is 0. The van der Waals surface area contributed by atoms with Crippen molar-refractivity contribution in [2.45, 2.75) is 39.2 Å². The van der Waals surface area contributed by atoms with Crippen molar-refractivity contribution in [3.05, 3.63) is 52.7 Å². The Morgan fingerprint density at radius 3 is 2.92 bits per heavy atom. The SMILES string of the molecule is Cc1occc1C(=O)Nc1ccc(Cl)c(-c2nnc3n2CCCCC3)c1. The molecule has 7 heteroatoms. The maximum atomic E-state index is 12.4. The lowest BCUT2D eigenvalue weighted by Crippen LogP contribution is -2.12. The number of aromatic nitrogens is 3. The Labute approximate surface area is 156 Å². The molecule has 1 amide bonds. The summed E-state index contributed by atoms with van der Waals surface area (Å²) in [5.74, 6) is 2.11. The molecule has 134 valence electrons. The Kier molecular flexibility index (Phi) is 4.51. The highest BCUT2D eigenvalue weighted by Gasteiger charge is 2.19. The first-order chi connectivity index (χ1) is 12.6. The first kappa shape index (κ1) is 16.8. The number of halogens is 1. The van der Waals surface area contributed by atoms with Gasteiger partial charge in [0.2, 0.25) is 0 Å². The topological polar surface area (TPSA) is 73.0 Å². The van der Waals surface area contributed by atoms with E-state index in [-0.39, 0.29) is 5.91 Å². The summed E-state index contributed by atoms with van der Waals surface area (Å²) >= 11 is 6.42. The second kappa shape index (κ2) is 6.96. The van der Waals surface area contributed by atoms with Crippen LogP contribution in [0.15, 0.2) is 34.9 Å². The van der Waals surface area contributed by atoms with Crippen LogP contribution in [-0.4, -0.2) is 20.7 Å². The van der Waals surface area contributed by atoms with Crippen LogP contribution >= 0.6 is 11.6 Å². The average molecular weight is 371 g/mol. The third-order valence-electron chi connectivity index (χ3n) is 4.68. The van der Waals surface area contributed by atoms with E-state index >= 15 is 0 Å². The molecule has 2 aromatic heterocycles. The largest absolute Gasteiger partial charge is 0.469 e. The van der Waals surface area contributed by atoms with Crippen LogP contribution in [-0.2, 0) is 13.0 Å². The lowest BCUT2D eigenvalue weighted by atomic mass is 10.1. The van der Waals surface area contributed by atoms with Gasteiger partial charge in [-0.1, -0.05) is 18.0 Å². The number of fused-ring (bicyclic) bond motifs is 1. The molecule has 0 aliphatic carbocycles. The van der Waals surface area contributed by atoms with E-state index in [4.69, 9.17) is 16.0 Å². The van der Waals surface area contributed by atoms with Crippen molar-refractivity contribution < 1.29 is 9.21 Å². The van der Waals surface area contributed by atoms with Crippen LogP contribution in [0.4, 0.5) is 5.69 Å². The highest BCUT2D eigenvalue weighted by atomic mass is 35.5. The average Bonchev–Trinajstić information content (AvgIpc) is 3.16. The zero-order valence-corrected chi connectivity index (χ0v) is 15.2. The lowest BCUT2D eigenvalue weighted by molar-refractivity contribution is 0.102. The molecule has 0 saturated heterocycles. The van der Waals surface area contributed by atoms with E-state index < -0.39 is 0 Å². The van der Waals surface area contributed by atoms with Crippen LogP contribution in [0.25, 0.3) is 11.4 Å². The number of furan rings is 1. The van der Waals surface area contributed by atoms with Gasteiger partial charge in [0.15, 0.2) is 5.82 Å². The number of amides is 1. The monoisotopic (exact) mass is 370 g/mol. The van der Waals surface area contributed by atoms with E-state index in [9.17, 15) is 4.79 Å². The Morgan fingerprint density at radius 1 is 1.23 bits per heavy atom. The highest BCUT2D eigenvalue weighted by Crippen LogP contribution is 2.31.